The highest BCUT2D eigenvalue weighted by atomic mass is 15.2. The first-order chi connectivity index (χ1) is 7.83. The zero-order valence-electron chi connectivity index (χ0n) is 10.6. The predicted octanol–water partition coefficient (Wildman–Crippen LogP) is 2.25. The van der Waals surface area contributed by atoms with Crippen LogP contribution in [-0.2, 0) is 0 Å². The smallest absolute Gasteiger partial charge is 0.0200 e. The van der Waals surface area contributed by atoms with Crippen molar-refractivity contribution in [2.75, 3.05) is 19.6 Å². The number of likely N-dealkylation sites (tertiary alicyclic amines) is 1. The van der Waals surface area contributed by atoms with E-state index in [2.05, 4.69) is 17.1 Å². The Kier molecular flexibility index (Phi) is 3.21. The third kappa shape index (κ3) is 2.98. The van der Waals surface area contributed by atoms with Crippen molar-refractivity contribution in [1.29, 1.82) is 0 Å². The van der Waals surface area contributed by atoms with Gasteiger partial charge in [-0.15, -0.1) is 0 Å². The molecular formula is C14H26N2. The van der Waals surface area contributed by atoms with E-state index in [0.717, 1.165) is 23.9 Å². The molecule has 2 unspecified atom stereocenters. The summed E-state index contributed by atoms with van der Waals surface area (Å²) in [6, 6.07) is 1.67. The molecule has 1 heterocycles. The number of piperidine rings is 1. The van der Waals surface area contributed by atoms with Gasteiger partial charge in [-0.1, -0.05) is 19.8 Å². The number of nitrogens with one attached hydrogen (secondary N) is 1. The van der Waals surface area contributed by atoms with Gasteiger partial charge in [0.1, 0.15) is 0 Å². The molecule has 2 saturated carbocycles. The normalized spacial score (nSPS) is 36.6. The van der Waals surface area contributed by atoms with Gasteiger partial charge >= 0.3 is 0 Å². The Morgan fingerprint density at radius 3 is 2.44 bits per heavy atom. The zero-order chi connectivity index (χ0) is 11.0. The second-order valence-corrected chi connectivity index (χ2v) is 6.27. The third-order valence-electron chi connectivity index (χ3n) is 4.47. The van der Waals surface area contributed by atoms with Gasteiger partial charge in [0.25, 0.3) is 0 Å². The van der Waals surface area contributed by atoms with Crippen molar-refractivity contribution in [2.24, 2.45) is 11.8 Å². The number of hydrogen-bond acceptors (Lipinski definition) is 2. The molecule has 16 heavy (non-hydrogen) atoms. The van der Waals surface area contributed by atoms with Crippen LogP contribution in [0.5, 0.6) is 0 Å². The van der Waals surface area contributed by atoms with Gasteiger partial charge in [-0.05, 0) is 44.1 Å². The van der Waals surface area contributed by atoms with Gasteiger partial charge in [-0.3, -0.25) is 0 Å². The second-order valence-electron chi connectivity index (χ2n) is 6.27. The van der Waals surface area contributed by atoms with Crippen LogP contribution in [-0.4, -0.2) is 36.6 Å². The summed E-state index contributed by atoms with van der Waals surface area (Å²) in [5, 5.41) is 3.84. The standard InChI is InChI=1S/C14H26N2/c1-2-16-9-12(7-11-3-4-11)8-14(10-16)15-13-5-6-13/h11-15H,2-10H2,1H3. The molecule has 1 aliphatic heterocycles. The van der Waals surface area contributed by atoms with E-state index < -0.39 is 0 Å². The highest BCUT2D eigenvalue weighted by molar-refractivity contribution is 4.91. The maximum atomic E-state index is 3.84. The molecule has 2 aliphatic carbocycles. The molecule has 0 aromatic rings. The molecule has 2 atom stereocenters. The first kappa shape index (κ1) is 11.0. The molecule has 2 heteroatoms. The molecule has 3 rings (SSSR count). The molecule has 1 N–H and O–H groups in total. The van der Waals surface area contributed by atoms with Crippen LogP contribution in [0.15, 0.2) is 0 Å². The number of nitrogens with zero attached hydrogens (tertiary/aromatic N) is 1. The van der Waals surface area contributed by atoms with Crippen molar-refractivity contribution >= 4 is 0 Å². The monoisotopic (exact) mass is 222 g/mol. The quantitative estimate of drug-likeness (QED) is 0.767. The van der Waals surface area contributed by atoms with Gasteiger partial charge in [0.15, 0.2) is 0 Å². The Morgan fingerprint density at radius 1 is 1.00 bits per heavy atom. The van der Waals surface area contributed by atoms with E-state index >= 15 is 0 Å². The summed E-state index contributed by atoms with van der Waals surface area (Å²) in [4.78, 5) is 2.66. The average molecular weight is 222 g/mol. The molecule has 2 nitrogen and oxygen atoms in total. The zero-order valence-corrected chi connectivity index (χ0v) is 10.6. The molecular weight excluding hydrogens is 196 g/mol. The van der Waals surface area contributed by atoms with Crippen LogP contribution in [0.2, 0.25) is 0 Å². The lowest BCUT2D eigenvalue weighted by Gasteiger charge is -2.38. The van der Waals surface area contributed by atoms with E-state index in [0.29, 0.717) is 0 Å². The second kappa shape index (κ2) is 4.66. The Hall–Kier alpha value is -0.0800. The average Bonchev–Trinajstić information content (AvgIpc) is 3.13. The summed E-state index contributed by atoms with van der Waals surface area (Å²) in [5.74, 6) is 2.08. The van der Waals surface area contributed by atoms with Crippen LogP contribution in [0.1, 0.15) is 45.4 Å². The Balaban J connectivity index is 1.51. The third-order valence-corrected chi connectivity index (χ3v) is 4.47. The molecule has 0 bridgehead atoms. The van der Waals surface area contributed by atoms with Gasteiger partial charge in [0.05, 0.1) is 0 Å². The van der Waals surface area contributed by atoms with Gasteiger partial charge < -0.3 is 10.2 Å². The molecule has 0 aromatic heterocycles. The summed E-state index contributed by atoms with van der Waals surface area (Å²) in [6.07, 6.45) is 8.85. The predicted molar refractivity (Wildman–Crippen MR) is 67.5 cm³/mol. The van der Waals surface area contributed by atoms with Crippen LogP contribution < -0.4 is 5.32 Å². The van der Waals surface area contributed by atoms with Gasteiger partial charge in [0, 0.05) is 25.2 Å². The lowest BCUT2D eigenvalue weighted by Crippen LogP contribution is -2.49. The van der Waals surface area contributed by atoms with E-state index in [1.165, 1.54) is 58.2 Å². The van der Waals surface area contributed by atoms with Gasteiger partial charge in [0.2, 0.25) is 0 Å². The molecule has 3 fully saturated rings. The van der Waals surface area contributed by atoms with Gasteiger partial charge in [-0.25, -0.2) is 0 Å². The van der Waals surface area contributed by atoms with Crippen molar-refractivity contribution in [2.45, 2.75) is 57.5 Å². The Bertz CT molecular complexity index is 211. The van der Waals surface area contributed by atoms with Crippen molar-refractivity contribution < 1.29 is 0 Å². The van der Waals surface area contributed by atoms with E-state index in [-0.39, 0.29) is 0 Å². The van der Waals surface area contributed by atoms with Crippen molar-refractivity contribution in [3.05, 3.63) is 0 Å². The lowest BCUT2D eigenvalue weighted by atomic mass is 9.89. The molecule has 0 spiro atoms. The van der Waals surface area contributed by atoms with Crippen molar-refractivity contribution in [3.63, 3.8) is 0 Å². The van der Waals surface area contributed by atoms with Crippen molar-refractivity contribution in [1.82, 2.24) is 10.2 Å². The SMILES string of the molecule is CCN1CC(CC2CC2)CC(NC2CC2)C1. The lowest BCUT2D eigenvalue weighted by molar-refractivity contribution is 0.137. The Labute approximate surface area is 99.8 Å². The molecule has 0 aromatic carbocycles. The maximum Gasteiger partial charge on any atom is 0.0200 e. The first-order valence-corrected chi connectivity index (χ1v) is 7.32. The fraction of sp³-hybridized carbons (Fsp3) is 1.00. The van der Waals surface area contributed by atoms with Crippen LogP contribution in [0.4, 0.5) is 0 Å². The number of rotatable bonds is 5. The summed E-state index contributed by atoms with van der Waals surface area (Å²) in [7, 11) is 0. The summed E-state index contributed by atoms with van der Waals surface area (Å²) >= 11 is 0. The molecule has 0 radical (unpaired) electrons. The summed E-state index contributed by atoms with van der Waals surface area (Å²) < 4.78 is 0. The molecule has 0 amide bonds. The van der Waals surface area contributed by atoms with E-state index in [1.807, 2.05) is 0 Å². The largest absolute Gasteiger partial charge is 0.310 e. The summed E-state index contributed by atoms with van der Waals surface area (Å²) in [6.45, 7) is 6.22. The highest BCUT2D eigenvalue weighted by Crippen LogP contribution is 2.38. The van der Waals surface area contributed by atoms with Crippen LogP contribution in [0.25, 0.3) is 0 Å². The van der Waals surface area contributed by atoms with E-state index in [1.54, 1.807) is 0 Å². The first-order valence-electron chi connectivity index (χ1n) is 7.32. The highest BCUT2D eigenvalue weighted by Gasteiger charge is 2.33. The topological polar surface area (TPSA) is 15.3 Å². The molecule has 3 aliphatic rings. The molecule has 92 valence electrons. The number of likely N-dealkylation sites (N-methyl/N-ethyl adjacent to an activating group) is 1. The minimum absolute atomic E-state index is 0.796. The van der Waals surface area contributed by atoms with Crippen LogP contribution in [0, 0.1) is 11.8 Å². The van der Waals surface area contributed by atoms with Gasteiger partial charge in [-0.2, -0.15) is 0 Å². The Morgan fingerprint density at radius 2 is 1.81 bits per heavy atom. The fourth-order valence-electron chi connectivity index (χ4n) is 3.26. The van der Waals surface area contributed by atoms with E-state index in [9.17, 15) is 0 Å². The maximum absolute atomic E-state index is 3.84. The van der Waals surface area contributed by atoms with E-state index in [4.69, 9.17) is 0 Å². The number of hydrogen-bond donors (Lipinski definition) is 1. The minimum Gasteiger partial charge on any atom is -0.310 e. The molecule has 1 saturated heterocycles. The fourth-order valence-corrected chi connectivity index (χ4v) is 3.26. The minimum atomic E-state index is 0.796. The van der Waals surface area contributed by atoms with Crippen LogP contribution in [0.3, 0.4) is 0 Å². The van der Waals surface area contributed by atoms with Crippen molar-refractivity contribution in [3.8, 4) is 0 Å². The van der Waals surface area contributed by atoms with Crippen LogP contribution >= 0.6 is 0 Å². The summed E-state index contributed by atoms with van der Waals surface area (Å²) in [5.41, 5.74) is 0.